The van der Waals surface area contributed by atoms with Crippen LogP contribution in [0, 0.1) is 0 Å². The summed E-state index contributed by atoms with van der Waals surface area (Å²) in [6, 6.07) is 11.9. The van der Waals surface area contributed by atoms with E-state index in [0.29, 0.717) is 10.2 Å². The zero-order valence-corrected chi connectivity index (χ0v) is 13.9. The smallest absolute Gasteiger partial charge is 0.335 e. The van der Waals surface area contributed by atoms with E-state index in [1.54, 1.807) is 6.07 Å². The number of benzene rings is 2. The third kappa shape index (κ3) is 4.41. The number of nitrogens with one attached hydrogen (secondary N) is 1. The molecule has 2 aromatic carbocycles. The van der Waals surface area contributed by atoms with Crippen LogP contribution < -0.4 is 5.32 Å². The van der Waals surface area contributed by atoms with Crippen LogP contribution in [0.3, 0.4) is 0 Å². The Morgan fingerprint density at radius 2 is 1.71 bits per heavy atom. The van der Waals surface area contributed by atoms with Gasteiger partial charge in [-0.3, -0.25) is 4.79 Å². The summed E-state index contributed by atoms with van der Waals surface area (Å²) in [5.41, 5.74) is 1.44. The van der Waals surface area contributed by atoms with Gasteiger partial charge >= 0.3 is 5.97 Å². The number of carbonyl (C=O) groups excluding carboxylic acids is 1. The van der Waals surface area contributed by atoms with Crippen LogP contribution in [0.5, 0.6) is 0 Å². The standard InChI is InChI=1S/C15H11Br2NO3/c16-11-4-1-9(2-5-11)7-14(19)18-13-8-10(15(20)21)3-6-12(13)17/h1-6,8H,7H2,(H,18,19)(H,20,21). The van der Waals surface area contributed by atoms with Gasteiger partial charge in [0.1, 0.15) is 0 Å². The lowest BCUT2D eigenvalue weighted by Crippen LogP contribution is -2.15. The molecule has 6 heteroatoms. The molecule has 108 valence electrons. The lowest BCUT2D eigenvalue weighted by molar-refractivity contribution is -0.115. The summed E-state index contributed by atoms with van der Waals surface area (Å²) in [6.45, 7) is 0. The molecule has 1 amide bonds. The molecule has 0 saturated heterocycles. The van der Waals surface area contributed by atoms with Crippen molar-refractivity contribution in [3.05, 3.63) is 62.5 Å². The molecule has 0 heterocycles. The van der Waals surface area contributed by atoms with E-state index >= 15 is 0 Å². The molecule has 2 rings (SSSR count). The largest absolute Gasteiger partial charge is 0.478 e. The number of aromatic carboxylic acids is 1. The highest BCUT2D eigenvalue weighted by atomic mass is 79.9. The molecule has 0 aromatic heterocycles. The highest BCUT2D eigenvalue weighted by Crippen LogP contribution is 2.24. The molecule has 4 nitrogen and oxygen atoms in total. The van der Waals surface area contributed by atoms with Crippen molar-refractivity contribution in [2.75, 3.05) is 5.32 Å². The van der Waals surface area contributed by atoms with Crippen molar-refractivity contribution in [2.45, 2.75) is 6.42 Å². The maximum Gasteiger partial charge on any atom is 0.335 e. The second-order valence-electron chi connectivity index (χ2n) is 4.35. The fraction of sp³-hybridized carbons (Fsp3) is 0.0667. The number of anilines is 1. The fourth-order valence-electron chi connectivity index (χ4n) is 1.74. The highest BCUT2D eigenvalue weighted by Gasteiger charge is 2.10. The molecule has 2 N–H and O–H groups in total. The summed E-state index contributed by atoms with van der Waals surface area (Å²) < 4.78 is 1.58. The molecule has 0 unspecified atom stereocenters. The predicted molar refractivity (Wildman–Crippen MR) is 87.6 cm³/mol. The van der Waals surface area contributed by atoms with E-state index in [9.17, 15) is 9.59 Å². The van der Waals surface area contributed by atoms with Gasteiger partial charge in [0.25, 0.3) is 0 Å². The van der Waals surface area contributed by atoms with E-state index in [1.165, 1.54) is 12.1 Å². The van der Waals surface area contributed by atoms with E-state index in [-0.39, 0.29) is 17.9 Å². The summed E-state index contributed by atoms with van der Waals surface area (Å²) in [7, 11) is 0. The van der Waals surface area contributed by atoms with Crippen molar-refractivity contribution >= 4 is 49.4 Å². The van der Waals surface area contributed by atoms with Gasteiger partial charge in [-0.2, -0.15) is 0 Å². The van der Waals surface area contributed by atoms with Gasteiger partial charge in [-0.25, -0.2) is 4.79 Å². The molecule has 0 aliphatic heterocycles. The Morgan fingerprint density at radius 1 is 1.05 bits per heavy atom. The van der Waals surface area contributed by atoms with Gasteiger partial charge in [0, 0.05) is 8.95 Å². The van der Waals surface area contributed by atoms with Crippen molar-refractivity contribution < 1.29 is 14.7 Å². The number of halogens is 2. The summed E-state index contributed by atoms with van der Waals surface area (Å²) >= 11 is 6.62. The van der Waals surface area contributed by atoms with Crippen molar-refractivity contribution in [2.24, 2.45) is 0 Å². The first-order chi connectivity index (χ1) is 9.95. The zero-order chi connectivity index (χ0) is 15.4. The minimum Gasteiger partial charge on any atom is -0.478 e. The van der Waals surface area contributed by atoms with Crippen LogP contribution in [-0.2, 0) is 11.2 Å². The molecule has 0 saturated carbocycles. The van der Waals surface area contributed by atoms with Crippen LogP contribution >= 0.6 is 31.9 Å². The van der Waals surface area contributed by atoms with Gasteiger partial charge < -0.3 is 10.4 Å². The van der Waals surface area contributed by atoms with Crippen molar-refractivity contribution in [1.29, 1.82) is 0 Å². The van der Waals surface area contributed by atoms with Gasteiger partial charge in [0.05, 0.1) is 17.7 Å². The fourth-order valence-corrected chi connectivity index (χ4v) is 2.35. The van der Waals surface area contributed by atoms with E-state index in [2.05, 4.69) is 37.2 Å². The number of rotatable bonds is 4. The van der Waals surface area contributed by atoms with Crippen LogP contribution in [0.1, 0.15) is 15.9 Å². The van der Waals surface area contributed by atoms with E-state index in [1.807, 2.05) is 24.3 Å². The Labute approximate surface area is 138 Å². The second-order valence-corrected chi connectivity index (χ2v) is 6.12. The topological polar surface area (TPSA) is 66.4 Å². The molecule has 0 spiro atoms. The van der Waals surface area contributed by atoms with Crippen LogP contribution in [0.4, 0.5) is 5.69 Å². The lowest BCUT2D eigenvalue weighted by Gasteiger charge is -2.08. The molecular weight excluding hydrogens is 402 g/mol. The summed E-state index contributed by atoms with van der Waals surface area (Å²) in [6.07, 6.45) is 0.219. The molecule has 0 atom stereocenters. The number of amides is 1. The third-order valence-corrected chi connectivity index (χ3v) is 3.99. The molecule has 0 radical (unpaired) electrons. The molecule has 0 aliphatic rings. The third-order valence-electron chi connectivity index (χ3n) is 2.77. The van der Waals surface area contributed by atoms with Crippen molar-refractivity contribution in [3.8, 4) is 0 Å². The minimum absolute atomic E-state index is 0.122. The Hall–Kier alpha value is -1.66. The first-order valence-corrected chi connectivity index (χ1v) is 7.61. The average Bonchev–Trinajstić information content (AvgIpc) is 2.43. The second kappa shape index (κ2) is 6.87. The maximum atomic E-state index is 12.0. The van der Waals surface area contributed by atoms with Crippen LogP contribution in [0.15, 0.2) is 51.4 Å². The number of carbonyl (C=O) groups is 2. The number of carboxylic acids is 1. The number of hydrogen-bond acceptors (Lipinski definition) is 2. The number of hydrogen-bond donors (Lipinski definition) is 2. The normalized spacial score (nSPS) is 10.2. The Morgan fingerprint density at radius 3 is 2.33 bits per heavy atom. The van der Waals surface area contributed by atoms with Crippen LogP contribution in [0.2, 0.25) is 0 Å². The monoisotopic (exact) mass is 411 g/mol. The zero-order valence-electron chi connectivity index (χ0n) is 10.8. The van der Waals surface area contributed by atoms with Gasteiger partial charge in [0.15, 0.2) is 0 Å². The molecule has 0 fully saturated rings. The summed E-state index contributed by atoms with van der Waals surface area (Å²) in [5, 5.41) is 11.7. The first kappa shape index (κ1) is 15.7. The first-order valence-electron chi connectivity index (χ1n) is 6.03. The predicted octanol–water partition coefficient (Wildman–Crippen LogP) is 4.09. The number of carboxylic acid groups (broad SMARTS) is 1. The van der Waals surface area contributed by atoms with E-state index in [0.717, 1.165) is 10.0 Å². The minimum atomic E-state index is -1.04. The summed E-state index contributed by atoms with van der Waals surface area (Å²) in [4.78, 5) is 22.9. The van der Waals surface area contributed by atoms with Gasteiger partial charge in [-0.15, -0.1) is 0 Å². The molecular formula is C15H11Br2NO3. The maximum absolute atomic E-state index is 12.0. The summed E-state index contributed by atoms with van der Waals surface area (Å²) in [5.74, 6) is -1.24. The van der Waals surface area contributed by atoms with Crippen LogP contribution in [0.25, 0.3) is 0 Å². The molecule has 0 bridgehead atoms. The Kier molecular flexibility index (Phi) is 5.14. The van der Waals surface area contributed by atoms with E-state index in [4.69, 9.17) is 5.11 Å². The highest BCUT2D eigenvalue weighted by molar-refractivity contribution is 9.10. The average molecular weight is 413 g/mol. The SMILES string of the molecule is O=C(Cc1ccc(Br)cc1)Nc1cc(C(=O)O)ccc1Br. The Bertz CT molecular complexity index is 684. The van der Waals surface area contributed by atoms with E-state index < -0.39 is 5.97 Å². The van der Waals surface area contributed by atoms with Crippen molar-refractivity contribution in [1.82, 2.24) is 0 Å². The van der Waals surface area contributed by atoms with Crippen molar-refractivity contribution in [3.63, 3.8) is 0 Å². The quantitative estimate of drug-likeness (QED) is 0.794. The lowest BCUT2D eigenvalue weighted by atomic mass is 10.1. The molecule has 21 heavy (non-hydrogen) atoms. The van der Waals surface area contributed by atoms with Crippen LogP contribution in [-0.4, -0.2) is 17.0 Å². The van der Waals surface area contributed by atoms with Gasteiger partial charge in [-0.05, 0) is 51.8 Å². The Balaban J connectivity index is 2.10. The molecule has 2 aromatic rings. The van der Waals surface area contributed by atoms with Gasteiger partial charge in [-0.1, -0.05) is 28.1 Å². The molecule has 0 aliphatic carbocycles. The van der Waals surface area contributed by atoms with Gasteiger partial charge in [0.2, 0.25) is 5.91 Å².